The van der Waals surface area contributed by atoms with Crippen LogP contribution in [0.15, 0.2) is 83.8 Å². The first kappa shape index (κ1) is 26.9. The molecular weight excluding hydrogens is 474 g/mol. The Kier molecular flexibility index (Phi) is 8.88. The van der Waals surface area contributed by atoms with Gasteiger partial charge in [-0.1, -0.05) is 66.2 Å². The molecular formula is C28H33N3O4S. The van der Waals surface area contributed by atoms with Crippen LogP contribution in [0, 0.1) is 13.8 Å². The molecule has 0 saturated heterocycles. The van der Waals surface area contributed by atoms with Crippen molar-refractivity contribution in [2.24, 2.45) is 0 Å². The van der Waals surface area contributed by atoms with Gasteiger partial charge in [-0.05, 0) is 56.5 Å². The highest BCUT2D eigenvalue weighted by Gasteiger charge is 2.32. The van der Waals surface area contributed by atoms with Crippen LogP contribution < -0.4 is 9.62 Å². The molecule has 8 heteroatoms. The Bertz CT molecular complexity index is 1290. The van der Waals surface area contributed by atoms with Crippen molar-refractivity contribution < 1.29 is 18.0 Å². The first-order valence-electron chi connectivity index (χ1n) is 11.8. The first-order chi connectivity index (χ1) is 17.1. The minimum absolute atomic E-state index is 0.0966. The molecule has 0 bridgehead atoms. The van der Waals surface area contributed by atoms with Crippen molar-refractivity contribution in [1.82, 2.24) is 10.2 Å². The number of anilines is 1. The molecule has 3 rings (SSSR count). The minimum atomic E-state index is -4.06. The highest BCUT2D eigenvalue weighted by Crippen LogP contribution is 2.27. The van der Waals surface area contributed by atoms with Gasteiger partial charge in [0.2, 0.25) is 11.8 Å². The number of sulfonamides is 1. The molecule has 0 spiro atoms. The Hall–Kier alpha value is -3.65. The monoisotopic (exact) mass is 507 g/mol. The summed E-state index contributed by atoms with van der Waals surface area (Å²) in [6, 6.07) is 22.5. The maximum Gasteiger partial charge on any atom is 0.264 e. The summed E-state index contributed by atoms with van der Waals surface area (Å²) in [7, 11) is -2.54. The van der Waals surface area contributed by atoms with Crippen LogP contribution in [0.4, 0.5) is 5.69 Å². The Morgan fingerprint density at radius 2 is 1.50 bits per heavy atom. The highest BCUT2D eigenvalue weighted by atomic mass is 32.2. The van der Waals surface area contributed by atoms with E-state index in [2.05, 4.69) is 5.32 Å². The second-order valence-electron chi connectivity index (χ2n) is 8.72. The fourth-order valence-corrected chi connectivity index (χ4v) is 5.45. The summed E-state index contributed by atoms with van der Waals surface area (Å²) in [5.74, 6) is -0.777. The number of nitrogens with zero attached hydrogens (tertiary/aromatic N) is 2. The van der Waals surface area contributed by atoms with Gasteiger partial charge in [0.05, 0.1) is 10.6 Å². The maximum atomic E-state index is 13.8. The molecule has 7 nitrogen and oxygen atoms in total. The van der Waals surface area contributed by atoms with E-state index in [1.165, 1.54) is 11.9 Å². The predicted molar refractivity (Wildman–Crippen MR) is 142 cm³/mol. The predicted octanol–water partition coefficient (Wildman–Crippen LogP) is 3.70. The van der Waals surface area contributed by atoms with Crippen LogP contribution in [-0.2, 0) is 26.0 Å². The molecule has 2 amide bonds. The van der Waals surface area contributed by atoms with Gasteiger partial charge in [0.25, 0.3) is 10.0 Å². The van der Waals surface area contributed by atoms with Gasteiger partial charge in [0.15, 0.2) is 0 Å². The van der Waals surface area contributed by atoms with E-state index in [1.54, 1.807) is 56.3 Å². The van der Waals surface area contributed by atoms with Crippen LogP contribution in [-0.4, -0.2) is 51.3 Å². The molecule has 0 radical (unpaired) electrons. The topological polar surface area (TPSA) is 86.8 Å². The van der Waals surface area contributed by atoms with Crippen molar-refractivity contribution in [3.63, 3.8) is 0 Å². The Morgan fingerprint density at radius 3 is 2.11 bits per heavy atom. The van der Waals surface area contributed by atoms with Gasteiger partial charge in [-0.3, -0.25) is 13.9 Å². The summed E-state index contributed by atoms with van der Waals surface area (Å²) < 4.78 is 28.7. The third kappa shape index (κ3) is 6.31. The van der Waals surface area contributed by atoms with Gasteiger partial charge < -0.3 is 10.2 Å². The molecule has 190 valence electrons. The van der Waals surface area contributed by atoms with E-state index < -0.39 is 28.5 Å². The zero-order valence-corrected chi connectivity index (χ0v) is 22.0. The molecule has 0 aromatic heterocycles. The Labute approximate surface area is 213 Å². The lowest BCUT2D eigenvalue weighted by Crippen LogP contribution is -2.51. The normalized spacial score (nSPS) is 12.0. The second kappa shape index (κ2) is 11.9. The van der Waals surface area contributed by atoms with Gasteiger partial charge in [-0.15, -0.1) is 0 Å². The third-order valence-electron chi connectivity index (χ3n) is 6.17. The van der Waals surface area contributed by atoms with Crippen LogP contribution in [0.2, 0.25) is 0 Å². The second-order valence-corrected chi connectivity index (χ2v) is 10.6. The number of amides is 2. The summed E-state index contributed by atoms with van der Waals surface area (Å²) in [6.45, 7) is 5.16. The van der Waals surface area contributed by atoms with Gasteiger partial charge in [-0.2, -0.15) is 0 Å². The maximum absolute atomic E-state index is 13.8. The number of likely N-dealkylation sites (N-methyl/N-ethyl adjacent to an activating group) is 1. The Balaban J connectivity index is 1.98. The van der Waals surface area contributed by atoms with Crippen LogP contribution in [0.1, 0.15) is 23.6 Å². The largest absolute Gasteiger partial charge is 0.357 e. The summed E-state index contributed by atoms with van der Waals surface area (Å²) in [5.41, 5.74) is 3.08. The number of hydrogen-bond donors (Lipinski definition) is 1. The van der Waals surface area contributed by atoms with Crippen molar-refractivity contribution in [2.45, 2.75) is 38.1 Å². The number of benzene rings is 3. The van der Waals surface area contributed by atoms with E-state index in [1.807, 2.05) is 43.3 Å². The molecule has 0 unspecified atom stereocenters. The molecule has 0 fully saturated rings. The molecule has 3 aromatic carbocycles. The number of carbonyl (C=O) groups excluding carboxylic acids is 2. The lowest BCUT2D eigenvalue weighted by Gasteiger charge is -2.32. The van der Waals surface area contributed by atoms with Crippen molar-refractivity contribution >= 4 is 27.5 Å². The standard InChI is InChI=1S/C28H33N3O4S/c1-21-14-16-25(17-15-21)36(34,35)31(26-13-9-8-10-22(26)2)20-27(32)30(23(3)28(33)29-4)19-18-24-11-6-5-7-12-24/h5-17,23H,18-20H2,1-4H3,(H,29,33)/t23-/m0/s1. The van der Waals surface area contributed by atoms with Gasteiger partial charge >= 0.3 is 0 Å². The van der Waals surface area contributed by atoms with Gasteiger partial charge in [-0.25, -0.2) is 8.42 Å². The van der Waals surface area contributed by atoms with Gasteiger partial charge in [0.1, 0.15) is 12.6 Å². The number of carbonyl (C=O) groups is 2. The number of nitrogens with one attached hydrogen (secondary N) is 1. The van der Waals surface area contributed by atoms with Crippen LogP contribution in [0.3, 0.4) is 0 Å². The lowest BCUT2D eigenvalue weighted by atomic mass is 10.1. The Morgan fingerprint density at radius 1 is 0.889 bits per heavy atom. The van der Waals surface area contributed by atoms with E-state index in [-0.39, 0.29) is 17.3 Å². The van der Waals surface area contributed by atoms with Gasteiger partial charge in [0, 0.05) is 13.6 Å². The summed E-state index contributed by atoms with van der Waals surface area (Å²) >= 11 is 0. The number of para-hydroxylation sites is 1. The van der Waals surface area contributed by atoms with Crippen molar-refractivity contribution in [3.8, 4) is 0 Å². The first-order valence-corrected chi connectivity index (χ1v) is 13.3. The fraction of sp³-hybridized carbons (Fsp3) is 0.286. The van der Waals surface area contributed by atoms with E-state index in [4.69, 9.17) is 0 Å². The molecule has 1 N–H and O–H groups in total. The van der Waals surface area contributed by atoms with Crippen molar-refractivity contribution in [2.75, 3.05) is 24.4 Å². The smallest absolute Gasteiger partial charge is 0.264 e. The van der Waals surface area contributed by atoms with E-state index in [0.717, 1.165) is 21.0 Å². The average molecular weight is 508 g/mol. The summed E-state index contributed by atoms with van der Waals surface area (Å²) in [5, 5.41) is 2.59. The van der Waals surface area contributed by atoms with E-state index >= 15 is 0 Å². The van der Waals surface area contributed by atoms with E-state index in [9.17, 15) is 18.0 Å². The van der Waals surface area contributed by atoms with Crippen LogP contribution in [0.5, 0.6) is 0 Å². The average Bonchev–Trinajstić information content (AvgIpc) is 2.88. The fourth-order valence-electron chi connectivity index (χ4n) is 3.97. The highest BCUT2D eigenvalue weighted by molar-refractivity contribution is 7.92. The lowest BCUT2D eigenvalue weighted by molar-refractivity contribution is -0.138. The number of rotatable bonds is 10. The quantitative estimate of drug-likeness (QED) is 0.453. The van der Waals surface area contributed by atoms with E-state index in [0.29, 0.717) is 12.1 Å². The molecule has 0 aliphatic heterocycles. The number of aryl methyl sites for hydroxylation is 2. The van der Waals surface area contributed by atoms with Crippen molar-refractivity contribution in [3.05, 3.63) is 95.6 Å². The molecule has 3 aromatic rings. The third-order valence-corrected chi connectivity index (χ3v) is 7.94. The van der Waals surface area contributed by atoms with Crippen molar-refractivity contribution in [1.29, 1.82) is 0 Å². The minimum Gasteiger partial charge on any atom is -0.357 e. The summed E-state index contributed by atoms with van der Waals surface area (Å²) in [6.07, 6.45) is 0.531. The van der Waals surface area contributed by atoms with Crippen LogP contribution in [0.25, 0.3) is 0 Å². The molecule has 0 aliphatic carbocycles. The molecule has 0 saturated carbocycles. The zero-order chi connectivity index (χ0) is 26.3. The van der Waals surface area contributed by atoms with Crippen LogP contribution >= 0.6 is 0 Å². The SMILES string of the molecule is CNC(=O)[C@H](C)N(CCc1ccccc1)C(=O)CN(c1ccccc1C)S(=O)(=O)c1ccc(C)cc1. The molecule has 0 aliphatic rings. The molecule has 1 atom stereocenters. The zero-order valence-electron chi connectivity index (χ0n) is 21.1. The number of hydrogen-bond acceptors (Lipinski definition) is 4. The summed E-state index contributed by atoms with van der Waals surface area (Å²) in [4.78, 5) is 27.7. The molecule has 0 heterocycles. The molecule has 36 heavy (non-hydrogen) atoms.